The molecule has 0 aliphatic heterocycles. The second-order valence-electron chi connectivity index (χ2n) is 5.32. The van der Waals surface area contributed by atoms with E-state index in [1.807, 2.05) is 0 Å². The van der Waals surface area contributed by atoms with Gasteiger partial charge in [-0.15, -0.1) is 0 Å². The summed E-state index contributed by atoms with van der Waals surface area (Å²) in [6.45, 7) is 0.112. The highest BCUT2D eigenvalue weighted by Crippen LogP contribution is 2.13. The lowest BCUT2D eigenvalue weighted by Gasteiger charge is -2.06. The molecule has 5 nitrogen and oxygen atoms in total. The number of halogens is 2. The lowest BCUT2D eigenvalue weighted by molar-refractivity contribution is -0.117. The minimum atomic E-state index is -1.04. The van der Waals surface area contributed by atoms with Crippen molar-refractivity contribution in [2.75, 3.05) is 19.0 Å². The van der Waals surface area contributed by atoms with E-state index in [1.165, 1.54) is 12.1 Å². The summed E-state index contributed by atoms with van der Waals surface area (Å²) in [6, 6.07) is 10.2. The van der Waals surface area contributed by atoms with Crippen LogP contribution in [-0.2, 0) is 9.59 Å². The molecule has 2 aromatic rings. The molecule has 0 heterocycles. The maximum atomic E-state index is 13.1. The van der Waals surface area contributed by atoms with Gasteiger partial charge in [0.2, 0.25) is 11.8 Å². The molecule has 2 N–H and O–H groups in total. The summed E-state index contributed by atoms with van der Waals surface area (Å²) >= 11 is 0. The third-order valence-electron chi connectivity index (χ3n) is 3.40. The lowest BCUT2D eigenvalue weighted by atomic mass is 10.2. The van der Waals surface area contributed by atoms with Crippen LogP contribution < -0.4 is 15.4 Å². The summed E-state index contributed by atoms with van der Waals surface area (Å²) in [7, 11) is 1.57. The van der Waals surface area contributed by atoms with Crippen molar-refractivity contribution in [1.29, 1.82) is 0 Å². The van der Waals surface area contributed by atoms with Gasteiger partial charge in [-0.2, -0.15) is 0 Å². The van der Waals surface area contributed by atoms with Gasteiger partial charge in [-0.3, -0.25) is 9.59 Å². The van der Waals surface area contributed by atoms with E-state index in [0.717, 1.165) is 23.4 Å². The first-order valence-electron chi connectivity index (χ1n) is 7.83. The molecule has 0 radical (unpaired) electrons. The van der Waals surface area contributed by atoms with Crippen molar-refractivity contribution < 1.29 is 23.1 Å². The van der Waals surface area contributed by atoms with Gasteiger partial charge in [0, 0.05) is 30.8 Å². The van der Waals surface area contributed by atoms with Crippen LogP contribution in [0.3, 0.4) is 0 Å². The topological polar surface area (TPSA) is 67.4 Å². The van der Waals surface area contributed by atoms with Crippen LogP contribution >= 0.6 is 0 Å². The first kappa shape index (κ1) is 19.1. The Bertz CT molecular complexity index is 805. The Kier molecular flexibility index (Phi) is 6.84. The van der Waals surface area contributed by atoms with E-state index in [0.29, 0.717) is 0 Å². The molecule has 0 fully saturated rings. The Morgan fingerprint density at radius 2 is 1.81 bits per heavy atom. The van der Waals surface area contributed by atoms with Gasteiger partial charge in [-0.1, -0.05) is 12.1 Å². The van der Waals surface area contributed by atoms with Crippen molar-refractivity contribution >= 4 is 23.6 Å². The van der Waals surface area contributed by atoms with Gasteiger partial charge >= 0.3 is 0 Å². The van der Waals surface area contributed by atoms with Crippen LogP contribution in [0.4, 0.5) is 14.5 Å². The van der Waals surface area contributed by atoms with Crippen LogP contribution in [-0.4, -0.2) is 25.5 Å². The second kappa shape index (κ2) is 9.31. The van der Waals surface area contributed by atoms with Crippen molar-refractivity contribution in [3.05, 3.63) is 65.7 Å². The van der Waals surface area contributed by atoms with Crippen LogP contribution in [0.15, 0.2) is 48.5 Å². The first-order valence-corrected chi connectivity index (χ1v) is 7.83. The standard InChI is InChI=1S/C19H18F2N2O3/c1-26-15-6-2-13(3-7-15)4-9-18(24)22-11-10-19(25)23-14-5-8-16(20)17(21)12-14/h2-9,12H,10-11H2,1H3,(H,22,24)(H,23,25)/b9-4+. The number of hydrogen-bond donors (Lipinski definition) is 2. The Hall–Kier alpha value is -3.22. The van der Waals surface area contributed by atoms with Crippen molar-refractivity contribution in [2.24, 2.45) is 0 Å². The Labute approximate surface area is 149 Å². The molecule has 0 bridgehead atoms. The van der Waals surface area contributed by atoms with Crippen LogP contribution in [0.5, 0.6) is 5.75 Å². The molecule has 2 amide bonds. The maximum absolute atomic E-state index is 13.1. The molecule has 0 saturated carbocycles. The third kappa shape index (κ3) is 6.01. The lowest BCUT2D eigenvalue weighted by Crippen LogP contribution is -2.26. The number of methoxy groups -OCH3 is 1. The number of carbonyl (C=O) groups excluding carboxylic acids is 2. The number of carbonyl (C=O) groups is 2. The molecule has 2 rings (SSSR count). The summed E-state index contributed by atoms with van der Waals surface area (Å²) in [4.78, 5) is 23.4. The van der Waals surface area contributed by atoms with E-state index in [-0.39, 0.29) is 24.6 Å². The van der Waals surface area contributed by atoms with Gasteiger partial charge in [0.15, 0.2) is 11.6 Å². The summed E-state index contributed by atoms with van der Waals surface area (Å²) < 4.78 is 30.9. The normalized spacial score (nSPS) is 10.6. The molecule has 136 valence electrons. The number of benzene rings is 2. The molecular weight excluding hydrogens is 342 g/mol. The molecule has 2 aromatic carbocycles. The third-order valence-corrected chi connectivity index (χ3v) is 3.40. The highest BCUT2D eigenvalue weighted by Gasteiger charge is 2.06. The quantitative estimate of drug-likeness (QED) is 0.746. The SMILES string of the molecule is COc1ccc(/C=C/C(=O)NCCC(=O)Nc2ccc(F)c(F)c2)cc1. The first-order chi connectivity index (χ1) is 12.5. The van der Waals surface area contributed by atoms with E-state index < -0.39 is 17.5 Å². The molecule has 0 unspecified atom stereocenters. The van der Waals surface area contributed by atoms with Crippen molar-refractivity contribution in [2.45, 2.75) is 6.42 Å². The van der Waals surface area contributed by atoms with E-state index in [9.17, 15) is 18.4 Å². The van der Waals surface area contributed by atoms with Gasteiger partial charge in [-0.25, -0.2) is 8.78 Å². The zero-order valence-corrected chi connectivity index (χ0v) is 14.1. The van der Waals surface area contributed by atoms with Crippen molar-refractivity contribution in [1.82, 2.24) is 5.32 Å². The summed E-state index contributed by atoms with van der Waals surface area (Å²) in [6.07, 6.45) is 2.99. The predicted octanol–water partition coefficient (Wildman–Crippen LogP) is 3.13. The van der Waals surface area contributed by atoms with Crippen LogP contribution in [0.25, 0.3) is 6.08 Å². The molecule has 0 spiro atoms. The highest BCUT2D eigenvalue weighted by atomic mass is 19.2. The zero-order chi connectivity index (χ0) is 18.9. The monoisotopic (exact) mass is 360 g/mol. The Balaban J connectivity index is 1.73. The van der Waals surface area contributed by atoms with Crippen molar-refractivity contribution in [3.8, 4) is 5.75 Å². The molecule has 0 saturated heterocycles. The highest BCUT2D eigenvalue weighted by molar-refractivity contribution is 5.93. The summed E-state index contributed by atoms with van der Waals surface area (Å²) in [5, 5.41) is 4.99. The largest absolute Gasteiger partial charge is 0.497 e. The van der Waals surface area contributed by atoms with Gasteiger partial charge in [-0.05, 0) is 35.9 Å². The fourth-order valence-electron chi connectivity index (χ4n) is 2.04. The Morgan fingerprint density at radius 1 is 1.08 bits per heavy atom. The van der Waals surface area contributed by atoms with Crippen LogP contribution in [0, 0.1) is 11.6 Å². The van der Waals surface area contributed by atoms with Crippen LogP contribution in [0.1, 0.15) is 12.0 Å². The second-order valence-corrected chi connectivity index (χ2v) is 5.32. The maximum Gasteiger partial charge on any atom is 0.244 e. The number of amides is 2. The van der Waals surface area contributed by atoms with E-state index in [4.69, 9.17) is 4.74 Å². The Morgan fingerprint density at radius 3 is 2.46 bits per heavy atom. The van der Waals surface area contributed by atoms with Gasteiger partial charge < -0.3 is 15.4 Å². The number of ether oxygens (including phenoxy) is 1. The average Bonchev–Trinajstić information content (AvgIpc) is 2.63. The van der Waals surface area contributed by atoms with Gasteiger partial charge in [0.05, 0.1) is 7.11 Å². The smallest absolute Gasteiger partial charge is 0.244 e. The van der Waals surface area contributed by atoms with Gasteiger partial charge in [0.25, 0.3) is 0 Å². The van der Waals surface area contributed by atoms with E-state index in [2.05, 4.69) is 10.6 Å². The zero-order valence-electron chi connectivity index (χ0n) is 14.1. The number of anilines is 1. The molecule has 0 atom stereocenters. The molecular formula is C19H18F2N2O3. The fourth-order valence-corrected chi connectivity index (χ4v) is 2.04. The summed E-state index contributed by atoms with van der Waals surface area (Å²) in [5.74, 6) is -2.07. The molecule has 7 heteroatoms. The van der Waals surface area contributed by atoms with Crippen LogP contribution in [0.2, 0.25) is 0 Å². The number of rotatable bonds is 7. The summed E-state index contributed by atoms with van der Waals surface area (Å²) in [5.41, 5.74) is 0.983. The van der Waals surface area contributed by atoms with E-state index >= 15 is 0 Å². The average molecular weight is 360 g/mol. The van der Waals surface area contributed by atoms with E-state index in [1.54, 1.807) is 37.5 Å². The molecule has 26 heavy (non-hydrogen) atoms. The fraction of sp³-hybridized carbons (Fsp3) is 0.158. The molecule has 0 aromatic heterocycles. The minimum absolute atomic E-state index is 0.00110. The molecule has 0 aliphatic carbocycles. The number of nitrogens with one attached hydrogen (secondary N) is 2. The van der Waals surface area contributed by atoms with Gasteiger partial charge in [0.1, 0.15) is 5.75 Å². The minimum Gasteiger partial charge on any atom is -0.497 e. The number of hydrogen-bond acceptors (Lipinski definition) is 3. The van der Waals surface area contributed by atoms with Crippen molar-refractivity contribution in [3.63, 3.8) is 0 Å². The molecule has 0 aliphatic rings. The predicted molar refractivity (Wildman–Crippen MR) is 94.6 cm³/mol.